The van der Waals surface area contributed by atoms with Crippen LogP contribution in [0.2, 0.25) is 0 Å². The van der Waals surface area contributed by atoms with Gasteiger partial charge >= 0.3 is 6.09 Å². The standard InChI is InChI=1S/C8H11NO3/c10-4-6-3-8(1-2-8)5-9(6)7(11)12/h4,6H,1-3,5H2,(H,11,12)/t6-/m1/s1. The van der Waals surface area contributed by atoms with E-state index < -0.39 is 6.09 Å². The minimum absolute atomic E-state index is 0.184. The maximum absolute atomic E-state index is 10.7. The van der Waals surface area contributed by atoms with Gasteiger partial charge < -0.3 is 9.90 Å². The molecule has 1 amide bonds. The van der Waals surface area contributed by atoms with Crippen molar-refractivity contribution in [1.29, 1.82) is 0 Å². The highest BCUT2D eigenvalue weighted by molar-refractivity contribution is 5.73. The van der Waals surface area contributed by atoms with Crippen LogP contribution in [0.5, 0.6) is 0 Å². The summed E-state index contributed by atoms with van der Waals surface area (Å²) in [6, 6.07) is -0.384. The minimum Gasteiger partial charge on any atom is -0.465 e. The molecule has 1 saturated heterocycles. The summed E-state index contributed by atoms with van der Waals surface area (Å²) in [7, 11) is 0. The second kappa shape index (κ2) is 2.21. The van der Waals surface area contributed by atoms with Gasteiger partial charge in [0, 0.05) is 6.54 Å². The lowest BCUT2D eigenvalue weighted by Crippen LogP contribution is -2.35. The van der Waals surface area contributed by atoms with Crippen LogP contribution in [0.15, 0.2) is 0 Å². The number of nitrogens with zero attached hydrogens (tertiary/aromatic N) is 1. The molecule has 0 radical (unpaired) electrons. The van der Waals surface area contributed by atoms with E-state index in [1.807, 2.05) is 0 Å². The third-order valence-corrected chi connectivity index (χ3v) is 2.91. The van der Waals surface area contributed by atoms with Crippen LogP contribution in [0.3, 0.4) is 0 Å². The smallest absolute Gasteiger partial charge is 0.407 e. The predicted octanol–water partition coefficient (Wildman–Crippen LogP) is 0.718. The molecule has 4 heteroatoms. The molecule has 0 aromatic rings. The van der Waals surface area contributed by atoms with Gasteiger partial charge in [0.05, 0.1) is 6.04 Å². The lowest BCUT2D eigenvalue weighted by atomic mass is 10.0. The second-order valence-corrected chi connectivity index (χ2v) is 3.82. The molecule has 1 heterocycles. The van der Waals surface area contributed by atoms with Crippen molar-refractivity contribution in [3.8, 4) is 0 Å². The van der Waals surface area contributed by atoms with Gasteiger partial charge in [0.15, 0.2) is 0 Å². The van der Waals surface area contributed by atoms with Crippen molar-refractivity contribution >= 4 is 12.4 Å². The number of rotatable bonds is 1. The van der Waals surface area contributed by atoms with Crippen LogP contribution in [-0.2, 0) is 4.79 Å². The number of hydrogen-bond donors (Lipinski definition) is 1. The minimum atomic E-state index is -0.962. The summed E-state index contributed by atoms with van der Waals surface area (Å²) in [5.74, 6) is 0. The Morgan fingerprint density at radius 3 is 2.58 bits per heavy atom. The molecule has 0 aromatic carbocycles. The van der Waals surface area contributed by atoms with Gasteiger partial charge in [0.1, 0.15) is 6.29 Å². The summed E-state index contributed by atoms with van der Waals surface area (Å²) >= 11 is 0. The van der Waals surface area contributed by atoms with Crippen LogP contribution in [-0.4, -0.2) is 35.0 Å². The fourth-order valence-corrected chi connectivity index (χ4v) is 1.97. The molecule has 2 fully saturated rings. The van der Waals surface area contributed by atoms with E-state index in [1.54, 1.807) is 0 Å². The molecule has 1 N–H and O–H groups in total. The zero-order chi connectivity index (χ0) is 8.77. The summed E-state index contributed by atoms with van der Waals surface area (Å²) in [6.45, 7) is 0.561. The van der Waals surface area contributed by atoms with Gasteiger partial charge in [0.25, 0.3) is 0 Å². The molecular weight excluding hydrogens is 158 g/mol. The molecule has 0 bridgehead atoms. The molecule has 1 atom stereocenters. The van der Waals surface area contributed by atoms with Crippen molar-refractivity contribution in [1.82, 2.24) is 4.90 Å². The summed E-state index contributed by atoms with van der Waals surface area (Å²) < 4.78 is 0. The summed E-state index contributed by atoms with van der Waals surface area (Å²) in [6.07, 6.45) is 2.70. The van der Waals surface area contributed by atoms with E-state index in [2.05, 4.69) is 0 Å². The Kier molecular flexibility index (Phi) is 1.40. The van der Waals surface area contributed by atoms with E-state index in [9.17, 15) is 9.59 Å². The molecular formula is C8H11NO3. The lowest BCUT2D eigenvalue weighted by molar-refractivity contribution is -0.111. The van der Waals surface area contributed by atoms with Gasteiger partial charge in [-0.05, 0) is 24.7 Å². The Bertz CT molecular complexity index is 234. The highest BCUT2D eigenvalue weighted by atomic mass is 16.4. The predicted molar refractivity (Wildman–Crippen MR) is 40.9 cm³/mol. The second-order valence-electron chi connectivity index (χ2n) is 3.82. The highest BCUT2D eigenvalue weighted by Gasteiger charge is 2.53. The van der Waals surface area contributed by atoms with Gasteiger partial charge in [-0.2, -0.15) is 0 Å². The average molecular weight is 169 g/mol. The van der Waals surface area contributed by atoms with E-state index >= 15 is 0 Å². The topological polar surface area (TPSA) is 57.6 Å². The molecule has 66 valence electrons. The summed E-state index contributed by atoms with van der Waals surface area (Å²) in [5, 5.41) is 8.74. The number of likely N-dealkylation sites (tertiary alicyclic amines) is 1. The molecule has 1 spiro atoms. The molecule has 1 aliphatic carbocycles. The molecule has 1 aliphatic heterocycles. The first-order chi connectivity index (χ1) is 5.67. The van der Waals surface area contributed by atoms with Crippen LogP contribution < -0.4 is 0 Å². The highest BCUT2D eigenvalue weighted by Crippen LogP contribution is 2.54. The van der Waals surface area contributed by atoms with Crippen LogP contribution in [0.4, 0.5) is 4.79 Å². The number of amides is 1. The zero-order valence-electron chi connectivity index (χ0n) is 6.69. The first kappa shape index (κ1) is 7.58. The molecule has 0 unspecified atom stereocenters. The SMILES string of the molecule is O=C[C@H]1CC2(CC2)CN1C(=O)O. The largest absolute Gasteiger partial charge is 0.465 e. The fraction of sp³-hybridized carbons (Fsp3) is 0.750. The zero-order valence-corrected chi connectivity index (χ0v) is 6.69. The molecule has 0 aromatic heterocycles. The number of aldehydes is 1. The first-order valence-corrected chi connectivity index (χ1v) is 4.12. The monoisotopic (exact) mass is 169 g/mol. The van der Waals surface area contributed by atoms with Crippen molar-refractivity contribution in [2.24, 2.45) is 5.41 Å². The maximum Gasteiger partial charge on any atom is 0.407 e. The summed E-state index contributed by atoms with van der Waals surface area (Å²) in [4.78, 5) is 22.4. The van der Waals surface area contributed by atoms with E-state index in [4.69, 9.17) is 5.11 Å². The molecule has 1 saturated carbocycles. The number of carbonyl (C=O) groups excluding carboxylic acids is 1. The van der Waals surface area contributed by atoms with E-state index in [-0.39, 0.29) is 11.5 Å². The van der Waals surface area contributed by atoms with E-state index in [0.29, 0.717) is 6.54 Å². The van der Waals surface area contributed by atoms with Crippen molar-refractivity contribution in [3.63, 3.8) is 0 Å². The molecule has 2 rings (SSSR count). The Labute approximate surface area is 70.2 Å². The van der Waals surface area contributed by atoms with E-state index in [0.717, 1.165) is 25.5 Å². The van der Waals surface area contributed by atoms with Gasteiger partial charge in [-0.1, -0.05) is 0 Å². The molecule has 12 heavy (non-hydrogen) atoms. The van der Waals surface area contributed by atoms with Crippen molar-refractivity contribution < 1.29 is 14.7 Å². The number of carboxylic acid groups (broad SMARTS) is 1. The van der Waals surface area contributed by atoms with Crippen molar-refractivity contribution in [2.75, 3.05) is 6.54 Å². The van der Waals surface area contributed by atoms with Crippen LogP contribution in [0.1, 0.15) is 19.3 Å². The van der Waals surface area contributed by atoms with Gasteiger partial charge in [-0.25, -0.2) is 4.79 Å². The van der Waals surface area contributed by atoms with Crippen LogP contribution >= 0.6 is 0 Å². The first-order valence-electron chi connectivity index (χ1n) is 4.12. The van der Waals surface area contributed by atoms with Crippen molar-refractivity contribution in [3.05, 3.63) is 0 Å². The Morgan fingerprint density at radius 2 is 2.25 bits per heavy atom. The average Bonchev–Trinajstić information content (AvgIpc) is 2.62. The Morgan fingerprint density at radius 1 is 1.58 bits per heavy atom. The molecule has 4 nitrogen and oxygen atoms in total. The Hall–Kier alpha value is -1.06. The van der Waals surface area contributed by atoms with E-state index in [1.165, 1.54) is 4.90 Å². The third kappa shape index (κ3) is 0.983. The van der Waals surface area contributed by atoms with Crippen LogP contribution in [0, 0.1) is 5.41 Å². The summed E-state index contributed by atoms with van der Waals surface area (Å²) in [5.41, 5.74) is 0.184. The lowest BCUT2D eigenvalue weighted by Gasteiger charge is -2.15. The Balaban J connectivity index is 2.12. The van der Waals surface area contributed by atoms with Crippen molar-refractivity contribution in [2.45, 2.75) is 25.3 Å². The van der Waals surface area contributed by atoms with Crippen LogP contribution in [0.25, 0.3) is 0 Å². The van der Waals surface area contributed by atoms with Gasteiger partial charge in [0.2, 0.25) is 0 Å². The van der Waals surface area contributed by atoms with Gasteiger partial charge in [-0.15, -0.1) is 0 Å². The number of carbonyl (C=O) groups is 2. The third-order valence-electron chi connectivity index (χ3n) is 2.91. The number of hydrogen-bond acceptors (Lipinski definition) is 2. The normalized spacial score (nSPS) is 30.7. The molecule has 2 aliphatic rings. The van der Waals surface area contributed by atoms with Gasteiger partial charge in [-0.3, -0.25) is 4.90 Å². The quantitative estimate of drug-likeness (QED) is 0.588. The fourth-order valence-electron chi connectivity index (χ4n) is 1.97. The maximum atomic E-state index is 10.7.